The molecule has 0 saturated carbocycles. The van der Waals surface area contributed by atoms with Gasteiger partial charge in [-0.2, -0.15) is 0 Å². The monoisotopic (exact) mass is 366 g/mol. The van der Waals surface area contributed by atoms with Gasteiger partial charge in [-0.15, -0.1) is 0 Å². The first-order chi connectivity index (χ1) is 11.3. The van der Waals surface area contributed by atoms with Gasteiger partial charge < -0.3 is 20.2 Å². The number of thioether (sulfide) groups is 1. The van der Waals surface area contributed by atoms with Crippen LogP contribution >= 0.6 is 23.4 Å². The first-order valence-corrected chi connectivity index (χ1v) is 8.15. The molecule has 0 atom stereocenters. The number of hydrogen-bond acceptors (Lipinski definition) is 6. The predicted molar refractivity (Wildman–Crippen MR) is 89.5 cm³/mol. The van der Waals surface area contributed by atoms with Crippen molar-refractivity contribution >= 4 is 40.9 Å². The highest BCUT2D eigenvalue weighted by atomic mass is 35.5. The Morgan fingerprint density at radius 3 is 2.67 bits per heavy atom. The zero-order valence-corrected chi connectivity index (χ0v) is 14.4. The number of anilines is 1. The van der Waals surface area contributed by atoms with Crippen molar-refractivity contribution in [1.29, 1.82) is 0 Å². The summed E-state index contributed by atoms with van der Waals surface area (Å²) in [6.07, 6.45) is 0. The van der Waals surface area contributed by atoms with Gasteiger partial charge >= 0.3 is 0 Å². The lowest BCUT2D eigenvalue weighted by Gasteiger charge is -2.09. The van der Waals surface area contributed by atoms with Gasteiger partial charge in [-0.05, 0) is 32.0 Å². The van der Waals surface area contributed by atoms with E-state index in [1.165, 1.54) is 18.2 Å². The average Bonchev–Trinajstić information content (AvgIpc) is 2.50. The minimum absolute atomic E-state index is 0.0191. The van der Waals surface area contributed by atoms with Crippen LogP contribution in [0.2, 0.25) is 5.02 Å². The molecule has 1 aromatic heterocycles. The molecule has 0 spiro atoms. The van der Waals surface area contributed by atoms with Crippen LogP contribution in [0.4, 0.5) is 5.69 Å². The predicted octanol–water partition coefficient (Wildman–Crippen LogP) is 1.13. The summed E-state index contributed by atoms with van der Waals surface area (Å²) in [6, 6.07) is 3.99. The smallest absolute Gasteiger partial charge is 0.254 e. The molecule has 2 rings (SSSR count). The number of carboxylic acids is 1. The lowest BCUT2D eigenvalue weighted by molar-refractivity contribution is -0.255. The fourth-order valence-electron chi connectivity index (χ4n) is 1.78. The van der Waals surface area contributed by atoms with Crippen molar-refractivity contribution in [2.75, 3.05) is 11.1 Å². The average molecular weight is 367 g/mol. The van der Waals surface area contributed by atoms with E-state index in [2.05, 4.69) is 15.3 Å². The van der Waals surface area contributed by atoms with Crippen molar-refractivity contribution in [2.24, 2.45) is 0 Å². The van der Waals surface area contributed by atoms with Gasteiger partial charge in [-0.1, -0.05) is 23.4 Å². The van der Waals surface area contributed by atoms with E-state index in [1.807, 2.05) is 0 Å². The molecule has 0 aliphatic carbocycles. The highest BCUT2D eigenvalue weighted by Gasteiger charge is 2.09. The number of aromatic amines is 1. The van der Waals surface area contributed by atoms with E-state index in [9.17, 15) is 19.5 Å². The van der Waals surface area contributed by atoms with Crippen LogP contribution in [-0.2, 0) is 4.79 Å². The highest BCUT2D eigenvalue weighted by molar-refractivity contribution is 7.99. The fraction of sp³-hybridized carbons (Fsp3) is 0.200. The lowest BCUT2D eigenvalue weighted by atomic mass is 10.2. The van der Waals surface area contributed by atoms with Crippen molar-refractivity contribution in [1.82, 2.24) is 9.97 Å². The molecule has 24 heavy (non-hydrogen) atoms. The van der Waals surface area contributed by atoms with E-state index in [0.29, 0.717) is 22.1 Å². The van der Waals surface area contributed by atoms with Crippen LogP contribution in [-0.4, -0.2) is 27.6 Å². The number of carbonyl (C=O) groups excluding carboxylic acids is 2. The normalized spacial score (nSPS) is 10.5. The van der Waals surface area contributed by atoms with Gasteiger partial charge in [0.2, 0.25) is 5.91 Å². The zero-order valence-electron chi connectivity index (χ0n) is 12.8. The van der Waals surface area contributed by atoms with Gasteiger partial charge in [0.25, 0.3) is 5.56 Å². The molecule has 0 saturated heterocycles. The summed E-state index contributed by atoms with van der Waals surface area (Å²) in [5, 5.41) is 13.7. The second-order valence-electron chi connectivity index (χ2n) is 4.90. The number of benzene rings is 1. The molecule has 1 aromatic carbocycles. The molecule has 9 heteroatoms. The van der Waals surface area contributed by atoms with E-state index < -0.39 is 5.97 Å². The zero-order chi connectivity index (χ0) is 17.9. The first kappa shape index (κ1) is 18.0. The quantitative estimate of drug-likeness (QED) is 0.605. The Labute approximate surface area is 146 Å². The minimum Gasteiger partial charge on any atom is -0.545 e. The molecule has 0 aliphatic rings. The van der Waals surface area contributed by atoms with Crippen molar-refractivity contribution < 1.29 is 14.7 Å². The molecule has 7 nitrogen and oxygen atoms in total. The number of H-pyrrole nitrogens is 1. The summed E-state index contributed by atoms with van der Waals surface area (Å²) in [6.45, 7) is 3.39. The van der Waals surface area contributed by atoms with Gasteiger partial charge in [-0.25, -0.2) is 4.98 Å². The molecule has 2 N–H and O–H groups in total. The minimum atomic E-state index is -1.39. The van der Waals surface area contributed by atoms with Crippen LogP contribution in [0.25, 0.3) is 0 Å². The number of amides is 1. The maximum absolute atomic E-state index is 11.9. The number of hydrogen-bond donors (Lipinski definition) is 2. The van der Waals surface area contributed by atoms with Crippen LogP contribution in [0.15, 0.2) is 28.2 Å². The number of nitrogens with one attached hydrogen (secondary N) is 2. The number of halogens is 1. The summed E-state index contributed by atoms with van der Waals surface area (Å²) in [5.74, 6) is -1.72. The molecule has 0 fully saturated rings. The summed E-state index contributed by atoms with van der Waals surface area (Å²) >= 11 is 6.88. The van der Waals surface area contributed by atoms with E-state index in [0.717, 1.165) is 11.8 Å². The number of aryl methyl sites for hydroxylation is 1. The van der Waals surface area contributed by atoms with Crippen LogP contribution in [0.1, 0.15) is 21.6 Å². The van der Waals surface area contributed by atoms with E-state index >= 15 is 0 Å². The fourth-order valence-corrected chi connectivity index (χ4v) is 2.74. The van der Waals surface area contributed by atoms with Gasteiger partial charge in [0.15, 0.2) is 5.16 Å². The Bertz CT molecular complexity index is 866. The van der Waals surface area contributed by atoms with Crippen molar-refractivity contribution in [3.8, 4) is 0 Å². The van der Waals surface area contributed by atoms with Crippen molar-refractivity contribution in [3.05, 3.63) is 50.4 Å². The summed E-state index contributed by atoms with van der Waals surface area (Å²) in [4.78, 5) is 41.1. The molecule has 2 aromatic rings. The first-order valence-electron chi connectivity index (χ1n) is 6.79. The maximum Gasteiger partial charge on any atom is 0.254 e. The molecule has 0 unspecified atom stereocenters. The summed E-state index contributed by atoms with van der Waals surface area (Å²) in [7, 11) is 0. The van der Waals surface area contributed by atoms with Crippen molar-refractivity contribution in [3.63, 3.8) is 0 Å². The molecule has 0 bridgehead atoms. The SMILES string of the molecule is Cc1nc(SCC(=O)Nc2ccc(C(=O)[O-])c(Cl)c2)[nH]c(=O)c1C. The van der Waals surface area contributed by atoms with E-state index in [1.54, 1.807) is 13.8 Å². The van der Waals surface area contributed by atoms with Crippen molar-refractivity contribution in [2.45, 2.75) is 19.0 Å². The Morgan fingerprint density at radius 2 is 2.08 bits per heavy atom. The molecule has 0 aliphatic heterocycles. The molecule has 1 heterocycles. The third-order valence-electron chi connectivity index (χ3n) is 3.19. The van der Waals surface area contributed by atoms with Crippen LogP contribution < -0.4 is 16.0 Å². The standard InChI is InChI=1S/C15H14ClN3O4S/c1-7-8(2)17-15(19-13(7)21)24-6-12(20)18-9-3-4-10(14(22)23)11(16)5-9/h3-5H,6H2,1-2H3,(H,18,20)(H,22,23)(H,17,19,21)/p-1. The van der Waals surface area contributed by atoms with E-state index in [4.69, 9.17) is 11.6 Å². The topological polar surface area (TPSA) is 115 Å². The highest BCUT2D eigenvalue weighted by Crippen LogP contribution is 2.21. The molecule has 126 valence electrons. The second kappa shape index (κ2) is 7.50. The number of aromatic carboxylic acids is 1. The maximum atomic E-state index is 11.9. The van der Waals surface area contributed by atoms with Gasteiger partial charge in [0, 0.05) is 22.5 Å². The number of nitrogens with zero attached hydrogens (tertiary/aromatic N) is 1. The third-order valence-corrected chi connectivity index (χ3v) is 4.37. The summed E-state index contributed by atoms with van der Waals surface area (Å²) < 4.78 is 0. The molecular weight excluding hydrogens is 354 g/mol. The molecular formula is C15H13ClN3O4S-. The number of carbonyl (C=O) groups is 2. The largest absolute Gasteiger partial charge is 0.545 e. The van der Waals surface area contributed by atoms with Crippen LogP contribution in [0.5, 0.6) is 0 Å². The van der Waals surface area contributed by atoms with Crippen LogP contribution in [0, 0.1) is 13.8 Å². The Morgan fingerprint density at radius 1 is 1.38 bits per heavy atom. The second-order valence-corrected chi connectivity index (χ2v) is 6.27. The Hall–Kier alpha value is -2.32. The number of carboxylic acid groups (broad SMARTS) is 1. The third kappa shape index (κ3) is 4.36. The van der Waals surface area contributed by atoms with Crippen LogP contribution in [0.3, 0.4) is 0 Å². The van der Waals surface area contributed by atoms with Gasteiger partial charge in [0.1, 0.15) is 0 Å². The van der Waals surface area contributed by atoms with Gasteiger partial charge in [0.05, 0.1) is 16.7 Å². The number of rotatable bonds is 5. The Balaban J connectivity index is 2.00. The number of aromatic nitrogens is 2. The lowest BCUT2D eigenvalue weighted by Crippen LogP contribution is -2.22. The van der Waals surface area contributed by atoms with E-state index in [-0.39, 0.29) is 27.8 Å². The van der Waals surface area contributed by atoms with Gasteiger partial charge in [-0.3, -0.25) is 9.59 Å². The summed E-state index contributed by atoms with van der Waals surface area (Å²) in [5.41, 5.74) is 1.10. The molecule has 0 radical (unpaired) electrons. The Kier molecular flexibility index (Phi) is 5.63. The molecule has 1 amide bonds.